The lowest BCUT2D eigenvalue weighted by molar-refractivity contribution is -0.107. The molecule has 1 N–H and O–H groups in total. The van der Waals surface area contributed by atoms with Crippen LogP contribution in [0.25, 0.3) is 0 Å². The van der Waals surface area contributed by atoms with Gasteiger partial charge in [-0.3, -0.25) is 4.79 Å². The van der Waals surface area contributed by atoms with Crippen LogP contribution in [-0.4, -0.2) is 35.3 Å². The Morgan fingerprint density at radius 2 is 2.27 bits per heavy atom. The molecule has 0 bridgehead atoms. The van der Waals surface area contributed by atoms with Gasteiger partial charge in [-0.05, 0) is 32.3 Å². The van der Waals surface area contributed by atoms with Crippen LogP contribution < -0.4 is 0 Å². The fourth-order valence-corrected chi connectivity index (χ4v) is 1.74. The first kappa shape index (κ1) is 14.7. The Labute approximate surface area is 95.9 Å². The summed E-state index contributed by atoms with van der Waals surface area (Å²) in [7, 11) is 0. The van der Waals surface area contributed by atoms with Gasteiger partial charge in [0.25, 0.3) is 0 Å². The molecule has 1 atom stereocenters. The van der Waals surface area contributed by atoms with Crippen LogP contribution >= 0.6 is 11.8 Å². The number of hydrogen-bond acceptors (Lipinski definition) is 4. The Hall–Kier alpha value is -0.320. The molecule has 0 aromatic rings. The number of rotatable bonds is 8. The van der Waals surface area contributed by atoms with Crippen LogP contribution in [0.3, 0.4) is 0 Å². The third kappa shape index (κ3) is 8.66. The van der Waals surface area contributed by atoms with Gasteiger partial charge in [-0.2, -0.15) is 0 Å². The van der Waals surface area contributed by atoms with Crippen molar-refractivity contribution < 1.29 is 14.6 Å². The quantitative estimate of drug-likeness (QED) is 0.513. The Morgan fingerprint density at radius 1 is 1.60 bits per heavy atom. The van der Waals surface area contributed by atoms with E-state index in [1.807, 2.05) is 6.92 Å². The van der Waals surface area contributed by atoms with Gasteiger partial charge in [0.15, 0.2) is 0 Å². The summed E-state index contributed by atoms with van der Waals surface area (Å²) in [6, 6.07) is 0. The molecule has 88 valence electrons. The highest BCUT2D eigenvalue weighted by Gasteiger charge is 2.05. The molecule has 1 unspecified atom stereocenters. The van der Waals surface area contributed by atoms with Gasteiger partial charge >= 0.3 is 0 Å². The fourth-order valence-electron chi connectivity index (χ4n) is 0.996. The van der Waals surface area contributed by atoms with Crippen LogP contribution in [-0.2, 0) is 9.53 Å². The van der Waals surface area contributed by atoms with Crippen LogP contribution in [0.4, 0.5) is 0 Å². The van der Waals surface area contributed by atoms with E-state index in [-0.39, 0.29) is 17.8 Å². The lowest BCUT2D eigenvalue weighted by atomic mass is 10.2. The van der Waals surface area contributed by atoms with Gasteiger partial charge in [0.05, 0.1) is 19.3 Å². The molecule has 0 amide bonds. The maximum Gasteiger partial charge on any atom is 0.214 e. The highest BCUT2D eigenvalue weighted by Crippen LogP contribution is 2.12. The highest BCUT2D eigenvalue weighted by atomic mass is 32.2. The molecule has 0 aliphatic carbocycles. The number of thioether (sulfide) groups is 1. The standard InChI is InChI=1S/C11H20O3S/c1-9(2)11(13)15-8-4-5-10(3)14-7-6-12/h10,12H,1,4-8H2,2-3H3. The first-order chi connectivity index (χ1) is 7.07. The second-order valence-electron chi connectivity index (χ2n) is 3.46. The van der Waals surface area contributed by atoms with Crippen LogP contribution in [0.5, 0.6) is 0 Å². The van der Waals surface area contributed by atoms with Crippen molar-refractivity contribution in [2.45, 2.75) is 32.8 Å². The molecule has 0 saturated heterocycles. The van der Waals surface area contributed by atoms with Crippen molar-refractivity contribution in [1.82, 2.24) is 0 Å². The molecule has 4 heteroatoms. The van der Waals surface area contributed by atoms with Crippen molar-refractivity contribution in [3.8, 4) is 0 Å². The minimum absolute atomic E-state index is 0.0627. The van der Waals surface area contributed by atoms with E-state index in [0.29, 0.717) is 12.2 Å². The van der Waals surface area contributed by atoms with Gasteiger partial charge in [0.1, 0.15) is 0 Å². The predicted molar refractivity (Wildman–Crippen MR) is 64.0 cm³/mol. The average molecular weight is 232 g/mol. The van der Waals surface area contributed by atoms with E-state index in [1.54, 1.807) is 6.92 Å². The van der Waals surface area contributed by atoms with Gasteiger partial charge in [0, 0.05) is 5.75 Å². The highest BCUT2D eigenvalue weighted by molar-refractivity contribution is 8.14. The molecule has 0 aliphatic rings. The van der Waals surface area contributed by atoms with Gasteiger partial charge in [-0.1, -0.05) is 18.3 Å². The van der Waals surface area contributed by atoms with E-state index in [1.165, 1.54) is 11.8 Å². The molecule has 0 aliphatic heterocycles. The van der Waals surface area contributed by atoms with Gasteiger partial charge in [-0.15, -0.1) is 0 Å². The Balaban J connectivity index is 3.37. The lowest BCUT2D eigenvalue weighted by Crippen LogP contribution is -2.11. The molecule has 0 rings (SSSR count). The molecule has 0 saturated carbocycles. The largest absolute Gasteiger partial charge is 0.394 e. The van der Waals surface area contributed by atoms with E-state index in [0.717, 1.165) is 18.6 Å². The molecule has 0 fully saturated rings. The molecular weight excluding hydrogens is 212 g/mol. The van der Waals surface area contributed by atoms with E-state index >= 15 is 0 Å². The van der Waals surface area contributed by atoms with E-state index < -0.39 is 0 Å². The molecule has 15 heavy (non-hydrogen) atoms. The van der Waals surface area contributed by atoms with Crippen LogP contribution in [0.1, 0.15) is 26.7 Å². The third-order valence-electron chi connectivity index (χ3n) is 1.83. The molecule has 3 nitrogen and oxygen atoms in total. The summed E-state index contributed by atoms with van der Waals surface area (Å²) in [5.74, 6) is 0.804. The fraction of sp³-hybridized carbons (Fsp3) is 0.727. The van der Waals surface area contributed by atoms with E-state index in [2.05, 4.69) is 6.58 Å². The number of aliphatic hydroxyl groups excluding tert-OH is 1. The zero-order chi connectivity index (χ0) is 11.7. The number of ether oxygens (including phenoxy) is 1. The van der Waals surface area contributed by atoms with Crippen LogP contribution in [0, 0.1) is 0 Å². The second kappa shape index (κ2) is 8.95. The number of aliphatic hydroxyl groups is 1. The molecule has 0 spiro atoms. The summed E-state index contributed by atoms with van der Waals surface area (Å²) in [5, 5.41) is 8.61. The third-order valence-corrected chi connectivity index (χ3v) is 2.93. The van der Waals surface area contributed by atoms with Crippen LogP contribution in [0.15, 0.2) is 12.2 Å². The number of carbonyl (C=O) groups is 1. The Morgan fingerprint density at radius 3 is 2.80 bits per heavy atom. The van der Waals surface area contributed by atoms with Crippen molar-refractivity contribution >= 4 is 16.9 Å². The molecule has 0 radical (unpaired) electrons. The van der Waals surface area contributed by atoms with Crippen molar-refractivity contribution in [2.75, 3.05) is 19.0 Å². The minimum atomic E-state index is 0.0627. The Bertz CT molecular complexity index is 204. The number of hydrogen-bond donors (Lipinski definition) is 1. The molecule has 0 heterocycles. The zero-order valence-electron chi connectivity index (χ0n) is 9.49. The SMILES string of the molecule is C=C(C)C(=O)SCCCC(C)OCCO. The molecule has 0 aromatic heterocycles. The summed E-state index contributed by atoms with van der Waals surface area (Å²) < 4.78 is 5.28. The summed E-state index contributed by atoms with van der Waals surface area (Å²) in [4.78, 5) is 11.2. The smallest absolute Gasteiger partial charge is 0.214 e. The first-order valence-electron chi connectivity index (χ1n) is 5.13. The second-order valence-corrected chi connectivity index (χ2v) is 4.53. The average Bonchev–Trinajstić information content (AvgIpc) is 2.20. The summed E-state index contributed by atoms with van der Waals surface area (Å²) >= 11 is 1.31. The summed E-state index contributed by atoms with van der Waals surface area (Å²) in [5.41, 5.74) is 0.601. The number of carbonyl (C=O) groups excluding carboxylic acids is 1. The summed E-state index contributed by atoms with van der Waals surface area (Å²) in [6.07, 6.45) is 2.00. The van der Waals surface area contributed by atoms with Crippen molar-refractivity contribution in [1.29, 1.82) is 0 Å². The van der Waals surface area contributed by atoms with Gasteiger partial charge in [0.2, 0.25) is 5.12 Å². The normalized spacial score (nSPS) is 12.5. The monoisotopic (exact) mass is 232 g/mol. The maximum atomic E-state index is 11.2. The van der Waals surface area contributed by atoms with Gasteiger partial charge < -0.3 is 9.84 Å². The molecule has 0 aromatic carbocycles. The van der Waals surface area contributed by atoms with Crippen molar-refractivity contribution in [2.24, 2.45) is 0 Å². The van der Waals surface area contributed by atoms with E-state index in [9.17, 15) is 4.79 Å². The topological polar surface area (TPSA) is 46.5 Å². The van der Waals surface area contributed by atoms with E-state index in [4.69, 9.17) is 9.84 Å². The van der Waals surface area contributed by atoms with Gasteiger partial charge in [-0.25, -0.2) is 0 Å². The van der Waals surface area contributed by atoms with Crippen molar-refractivity contribution in [3.63, 3.8) is 0 Å². The zero-order valence-corrected chi connectivity index (χ0v) is 10.3. The van der Waals surface area contributed by atoms with Crippen LogP contribution in [0.2, 0.25) is 0 Å². The minimum Gasteiger partial charge on any atom is -0.394 e. The Kier molecular flexibility index (Phi) is 8.76. The summed E-state index contributed by atoms with van der Waals surface area (Å²) in [6.45, 7) is 7.73. The van der Waals surface area contributed by atoms with Crippen molar-refractivity contribution in [3.05, 3.63) is 12.2 Å². The first-order valence-corrected chi connectivity index (χ1v) is 6.11. The predicted octanol–water partition coefficient (Wildman–Crippen LogP) is 2.00. The maximum absolute atomic E-state index is 11.2. The lowest BCUT2D eigenvalue weighted by Gasteiger charge is -2.11. The molecular formula is C11H20O3S.